The molecule has 5 atom stereocenters. The van der Waals surface area contributed by atoms with Crippen LogP contribution in [0.1, 0.15) is 25.7 Å². The quantitative estimate of drug-likeness (QED) is 0.524. The number of esters is 2. The van der Waals surface area contributed by atoms with Crippen LogP contribution in [0.3, 0.4) is 0 Å². The molecule has 0 aromatic carbocycles. The highest BCUT2D eigenvalue weighted by molar-refractivity contribution is 7.86. The molecule has 0 amide bonds. The first-order valence-corrected chi connectivity index (χ1v) is 8.23. The van der Waals surface area contributed by atoms with Crippen LogP contribution < -0.4 is 0 Å². The van der Waals surface area contributed by atoms with Gasteiger partial charge in [-0.2, -0.15) is 0 Å². The highest BCUT2D eigenvalue weighted by Crippen LogP contribution is 2.48. The van der Waals surface area contributed by atoms with E-state index < -0.39 is 34.0 Å². The molecule has 4 fully saturated rings. The Bertz CT molecular complexity index is 540. The lowest BCUT2D eigenvalue weighted by Gasteiger charge is -2.41. The molecular formula is C12H15O7S-. The Hall–Kier alpha value is -1.15. The molecule has 7 nitrogen and oxygen atoms in total. The summed E-state index contributed by atoms with van der Waals surface area (Å²) in [7, 11) is -4.65. The van der Waals surface area contributed by atoms with Crippen molar-refractivity contribution in [3.63, 3.8) is 0 Å². The molecule has 4 rings (SSSR count). The third-order valence-electron chi connectivity index (χ3n) is 4.40. The average Bonchev–Trinajstić information content (AvgIpc) is 2.45. The van der Waals surface area contributed by atoms with E-state index in [1.165, 1.54) is 0 Å². The minimum absolute atomic E-state index is 0.0160. The monoisotopic (exact) mass is 303 g/mol. The van der Waals surface area contributed by atoms with Crippen LogP contribution in [0.2, 0.25) is 0 Å². The molecule has 2 aliphatic heterocycles. The zero-order valence-corrected chi connectivity index (χ0v) is 11.5. The van der Waals surface area contributed by atoms with Gasteiger partial charge >= 0.3 is 11.9 Å². The lowest BCUT2D eigenvalue weighted by Crippen LogP contribution is -2.46. The van der Waals surface area contributed by atoms with E-state index in [-0.39, 0.29) is 17.8 Å². The van der Waals surface area contributed by atoms with E-state index in [0.29, 0.717) is 18.8 Å². The molecule has 20 heavy (non-hydrogen) atoms. The van der Waals surface area contributed by atoms with Crippen molar-refractivity contribution in [1.29, 1.82) is 0 Å². The minimum Gasteiger partial charge on any atom is -0.748 e. The molecule has 0 aromatic heterocycles. The summed E-state index contributed by atoms with van der Waals surface area (Å²) in [5.41, 5.74) is 0. The van der Waals surface area contributed by atoms with Crippen molar-refractivity contribution in [3.05, 3.63) is 0 Å². The smallest absolute Gasteiger partial charge is 0.320 e. The molecule has 2 heterocycles. The van der Waals surface area contributed by atoms with E-state index in [1.54, 1.807) is 0 Å². The number of fused-ring (bicyclic) bond motifs is 1. The van der Waals surface area contributed by atoms with Gasteiger partial charge in [0.15, 0.2) is 0 Å². The van der Waals surface area contributed by atoms with Gasteiger partial charge in [0.1, 0.15) is 28.1 Å². The van der Waals surface area contributed by atoms with Gasteiger partial charge < -0.3 is 14.0 Å². The van der Waals surface area contributed by atoms with Gasteiger partial charge in [0.05, 0.1) is 5.92 Å². The second kappa shape index (κ2) is 4.70. The van der Waals surface area contributed by atoms with Crippen molar-refractivity contribution < 1.29 is 32.0 Å². The first-order valence-electron chi connectivity index (χ1n) is 6.65. The number of rotatable bonds is 3. The van der Waals surface area contributed by atoms with Crippen molar-refractivity contribution in [2.75, 3.05) is 5.75 Å². The zero-order valence-electron chi connectivity index (χ0n) is 10.7. The summed E-state index contributed by atoms with van der Waals surface area (Å²) in [6.07, 6.45) is 1.80. The number of carbonyl (C=O) groups excluding carboxylic acids is 2. The predicted molar refractivity (Wildman–Crippen MR) is 63.3 cm³/mol. The van der Waals surface area contributed by atoms with Crippen molar-refractivity contribution in [1.82, 2.24) is 0 Å². The van der Waals surface area contributed by atoms with E-state index in [4.69, 9.17) is 9.47 Å². The molecule has 4 aliphatic rings. The van der Waals surface area contributed by atoms with Gasteiger partial charge in [0, 0.05) is 5.92 Å². The second-order valence-electron chi connectivity index (χ2n) is 5.90. The fourth-order valence-electron chi connectivity index (χ4n) is 3.77. The Morgan fingerprint density at radius 1 is 1.30 bits per heavy atom. The van der Waals surface area contributed by atoms with E-state index in [0.717, 1.165) is 12.8 Å². The summed E-state index contributed by atoms with van der Waals surface area (Å²) < 4.78 is 42.2. The van der Waals surface area contributed by atoms with Crippen LogP contribution in [0.4, 0.5) is 0 Å². The minimum atomic E-state index is -4.65. The summed E-state index contributed by atoms with van der Waals surface area (Å²) in [6.45, 7) is 0. The number of ether oxygens (including phenoxy) is 2. The SMILES string of the molecule is O=C(CS(=O)(=O)[O-])OC1C2CC3CC(C2)C(=O)OC1C3. The summed E-state index contributed by atoms with van der Waals surface area (Å²) in [4.78, 5) is 23.3. The predicted octanol–water partition coefficient (Wildman–Crippen LogP) is -0.195. The molecule has 0 radical (unpaired) electrons. The third-order valence-corrected chi connectivity index (χ3v) is 4.99. The second-order valence-corrected chi connectivity index (χ2v) is 7.30. The van der Waals surface area contributed by atoms with Gasteiger partial charge in [-0.3, -0.25) is 9.59 Å². The maximum absolute atomic E-state index is 11.8. The number of hydrogen-bond donors (Lipinski definition) is 0. The summed E-state index contributed by atoms with van der Waals surface area (Å²) in [6, 6.07) is 0. The zero-order chi connectivity index (χ0) is 14.5. The van der Waals surface area contributed by atoms with Gasteiger partial charge in [-0.1, -0.05) is 0 Å². The topological polar surface area (TPSA) is 110 Å². The van der Waals surface area contributed by atoms with Crippen LogP contribution in [0, 0.1) is 17.8 Å². The lowest BCUT2D eigenvalue weighted by molar-refractivity contribution is -0.170. The van der Waals surface area contributed by atoms with Crippen molar-refractivity contribution in [2.24, 2.45) is 17.8 Å². The van der Waals surface area contributed by atoms with Crippen LogP contribution >= 0.6 is 0 Å². The van der Waals surface area contributed by atoms with E-state index in [2.05, 4.69) is 0 Å². The number of hydrogen-bond acceptors (Lipinski definition) is 7. The molecular weight excluding hydrogens is 288 g/mol. The molecule has 4 bridgehead atoms. The normalized spacial score (nSPS) is 39.2. The Balaban J connectivity index is 1.74. The molecule has 0 spiro atoms. The van der Waals surface area contributed by atoms with Crippen LogP contribution in [-0.4, -0.2) is 42.9 Å². The van der Waals surface area contributed by atoms with Crippen molar-refractivity contribution >= 4 is 22.1 Å². The van der Waals surface area contributed by atoms with Gasteiger partial charge in [0.25, 0.3) is 0 Å². The van der Waals surface area contributed by atoms with Crippen molar-refractivity contribution in [2.45, 2.75) is 37.9 Å². The summed E-state index contributed by atoms with van der Waals surface area (Å²) >= 11 is 0. The molecule has 2 saturated heterocycles. The lowest BCUT2D eigenvalue weighted by atomic mass is 9.67. The molecule has 2 aliphatic carbocycles. The molecule has 112 valence electrons. The van der Waals surface area contributed by atoms with E-state index in [1.807, 2.05) is 0 Å². The largest absolute Gasteiger partial charge is 0.748 e. The summed E-state index contributed by atoms with van der Waals surface area (Å²) in [5, 5.41) is 0. The molecule has 2 saturated carbocycles. The molecule has 0 N–H and O–H groups in total. The fourth-order valence-corrected chi connectivity index (χ4v) is 4.12. The molecule has 5 unspecified atom stereocenters. The number of carbonyl (C=O) groups is 2. The standard InChI is InChI=1S/C12H16O7S/c13-10(5-20(15,16)17)19-11-7-1-6-2-8(4-7)12(14)18-9(11)3-6/h6-9,11H,1-5H2,(H,15,16,17)/p-1. The Labute approximate surface area is 116 Å². The van der Waals surface area contributed by atoms with Gasteiger partial charge in [0.2, 0.25) is 0 Å². The van der Waals surface area contributed by atoms with Gasteiger partial charge in [-0.25, -0.2) is 8.42 Å². The fraction of sp³-hybridized carbons (Fsp3) is 0.833. The highest BCUT2D eigenvalue weighted by atomic mass is 32.2. The average molecular weight is 303 g/mol. The maximum Gasteiger partial charge on any atom is 0.320 e. The van der Waals surface area contributed by atoms with Crippen molar-refractivity contribution in [3.8, 4) is 0 Å². The Morgan fingerprint density at radius 2 is 2.05 bits per heavy atom. The maximum atomic E-state index is 11.8. The Kier molecular flexibility index (Phi) is 3.24. The molecule has 0 aromatic rings. The summed E-state index contributed by atoms with van der Waals surface area (Å²) in [5.74, 6) is -2.22. The van der Waals surface area contributed by atoms with E-state index in [9.17, 15) is 22.6 Å². The van der Waals surface area contributed by atoms with Crippen LogP contribution in [-0.2, 0) is 29.2 Å². The third kappa shape index (κ3) is 2.67. The van der Waals surface area contributed by atoms with Gasteiger partial charge in [-0.05, 0) is 31.6 Å². The van der Waals surface area contributed by atoms with Crippen LogP contribution in [0.25, 0.3) is 0 Å². The highest BCUT2D eigenvalue weighted by Gasteiger charge is 2.51. The first-order chi connectivity index (χ1) is 9.32. The van der Waals surface area contributed by atoms with E-state index >= 15 is 0 Å². The van der Waals surface area contributed by atoms with Gasteiger partial charge in [-0.15, -0.1) is 0 Å². The molecule has 8 heteroatoms. The van der Waals surface area contributed by atoms with Crippen LogP contribution in [0.15, 0.2) is 0 Å². The first kappa shape index (κ1) is 13.8. The Morgan fingerprint density at radius 3 is 2.75 bits per heavy atom. The van der Waals surface area contributed by atoms with Crippen LogP contribution in [0.5, 0.6) is 0 Å².